The summed E-state index contributed by atoms with van der Waals surface area (Å²) in [6.45, 7) is 4.74. The van der Waals surface area contributed by atoms with Crippen molar-refractivity contribution in [3.05, 3.63) is 35.4 Å². The van der Waals surface area contributed by atoms with Crippen LogP contribution < -0.4 is 0 Å². The highest BCUT2D eigenvalue weighted by Gasteiger charge is 2.22. The molecule has 0 aromatic heterocycles. The van der Waals surface area contributed by atoms with Crippen molar-refractivity contribution in [1.82, 2.24) is 4.90 Å². The molecule has 0 spiro atoms. The van der Waals surface area contributed by atoms with E-state index in [0.717, 1.165) is 6.42 Å². The summed E-state index contributed by atoms with van der Waals surface area (Å²) in [4.78, 5) is 2.50. The van der Waals surface area contributed by atoms with Gasteiger partial charge in [-0.1, -0.05) is 29.8 Å². The predicted octanol–water partition coefficient (Wildman–Crippen LogP) is 2.51. The molecule has 0 amide bonds. The first-order chi connectivity index (χ1) is 7.81. The van der Waals surface area contributed by atoms with Gasteiger partial charge >= 0.3 is 0 Å². The quantitative estimate of drug-likeness (QED) is 0.841. The lowest BCUT2D eigenvalue weighted by Gasteiger charge is -2.27. The molecule has 88 valence electrons. The third-order valence-corrected chi connectivity index (χ3v) is 3.45. The summed E-state index contributed by atoms with van der Waals surface area (Å²) in [5, 5.41) is 9.19. The van der Waals surface area contributed by atoms with Gasteiger partial charge in [0.1, 0.15) is 0 Å². The summed E-state index contributed by atoms with van der Waals surface area (Å²) in [6.07, 6.45) is 3.45. The third kappa shape index (κ3) is 2.63. The predicted molar refractivity (Wildman–Crippen MR) is 66.4 cm³/mol. The van der Waals surface area contributed by atoms with Gasteiger partial charge in [0.2, 0.25) is 0 Å². The lowest BCUT2D eigenvalue weighted by molar-refractivity contribution is 0.185. The van der Waals surface area contributed by atoms with Gasteiger partial charge in [-0.15, -0.1) is 0 Å². The summed E-state index contributed by atoms with van der Waals surface area (Å²) in [5.41, 5.74) is 2.65. The Morgan fingerprint density at radius 1 is 1.19 bits per heavy atom. The maximum Gasteiger partial charge on any atom is 0.0449 e. The molecule has 1 aromatic carbocycles. The fourth-order valence-corrected chi connectivity index (χ4v) is 2.52. The van der Waals surface area contributed by atoms with Gasteiger partial charge in [0, 0.05) is 12.6 Å². The molecule has 16 heavy (non-hydrogen) atoms. The van der Waals surface area contributed by atoms with E-state index >= 15 is 0 Å². The molecular weight excluding hydrogens is 198 g/mol. The highest BCUT2D eigenvalue weighted by molar-refractivity contribution is 5.24. The number of nitrogens with zero attached hydrogens (tertiary/aromatic N) is 1. The van der Waals surface area contributed by atoms with E-state index in [1.54, 1.807) is 0 Å². The Bertz CT molecular complexity index is 314. The normalized spacial score (nSPS) is 18.9. The second-order valence-corrected chi connectivity index (χ2v) is 4.68. The zero-order valence-corrected chi connectivity index (χ0v) is 10.0. The van der Waals surface area contributed by atoms with E-state index in [9.17, 15) is 5.11 Å². The molecule has 2 nitrogen and oxygen atoms in total. The number of aliphatic hydroxyl groups excluding tert-OH is 1. The first-order valence-corrected chi connectivity index (χ1v) is 6.23. The van der Waals surface area contributed by atoms with Crippen molar-refractivity contribution in [2.75, 3.05) is 19.7 Å². The molecule has 0 radical (unpaired) electrons. The van der Waals surface area contributed by atoms with Gasteiger partial charge in [-0.3, -0.25) is 4.90 Å². The van der Waals surface area contributed by atoms with Crippen LogP contribution in [0, 0.1) is 6.92 Å². The van der Waals surface area contributed by atoms with Crippen LogP contribution in [-0.2, 0) is 0 Å². The number of likely N-dealkylation sites (tertiary alicyclic amines) is 1. The molecular formula is C14H21NO. The summed E-state index contributed by atoms with van der Waals surface area (Å²) >= 11 is 0. The van der Waals surface area contributed by atoms with Gasteiger partial charge in [-0.2, -0.15) is 0 Å². The van der Waals surface area contributed by atoms with Crippen molar-refractivity contribution in [2.24, 2.45) is 0 Å². The van der Waals surface area contributed by atoms with Crippen LogP contribution in [0.5, 0.6) is 0 Å². The molecule has 1 atom stereocenters. The Kier molecular flexibility index (Phi) is 3.97. The molecule has 0 aliphatic carbocycles. The topological polar surface area (TPSA) is 23.5 Å². The second-order valence-electron chi connectivity index (χ2n) is 4.68. The smallest absolute Gasteiger partial charge is 0.0449 e. The zero-order chi connectivity index (χ0) is 11.4. The van der Waals surface area contributed by atoms with Crippen LogP contribution >= 0.6 is 0 Å². The Labute approximate surface area is 97.9 Å². The van der Waals surface area contributed by atoms with Gasteiger partial charge in [-0.25, -0.2) is 0 Å². The van der Waals surface area contributed by atoms with E-state index < -0.39 is 0 Å². The maximum absolute atomic E-state index is 9.19. The van der Waals surface area contributed by atoms with E-state index in [1.165, 1.54) is 37.1 Å². The van der Waals surface area contributed by atoms with Crippen molar-refractivity contribution >= 4 is 0 Å². The van der Waals surface area contributed by atoms with E-state index in [4.69, 9.17) is 0 Å². The third-order valence-electron chi connectivity index (χ3n) is 3.45. The van der Waals surface area contributed by atoms with Crippen LogP contribution in [0.3, 0.4) is 0 Å². The summed E-state index contributed by atoms with van der Waals surface area (Å²) in [5.74, 6) is 0. The van der Waals surface area contributed by atoms with Crippen molar-refractivity contribution < 1.29 is 5.11 Å². The Morgan fingerprint density at radius 3 is 2.38 bits per heavy atom. The molecule has 2 heteroatoms. The lowest BCUT2D eigenvalue weighted by Crippen LogP contribution is -2.26. The number of rotatable bonds is 4. The lowest BCUT2D eigenvalue weighted by atomic mass is 10.0. The summed E-state index contributed by atoms with van der Waals surface area (Å²) in [6, 6.07) is 9.14. The molecule has 2 rings (SSSR count). The molecule has 0 saturated carbocycles. The highest BCUT2D eigenvalue weighted by atomic mass is 16.3. The molecule has 1 aromatic rings. The van der Waals surface area contributed by atoms with Crippen LogP contribution in [-0.4, -0.2) is 29.7 Å². The van der Waals surface area contributed by atoms with E-state index in [0.29, 0.717) is 6.04 Å². The minimum atomic E-state index is 0.273. The van der Waals surface area contributed by atoms with E-state index in [-0.39, 0.29) is 6.61 Å². The van der Waals surface area contributed by atoms with Gasteiger partial charge in [0.15, 0.2) is 0 Å². The van der Waals surface area contributed by atoms with E-state index in [1.807, 2.05) is 0 Å². The standard InChI is InChI=1S/C14H21NO/c1-12-4-6-13(7-5-12)14(8-11-16)15-9-2-3-10-15/h4-7,14,16H,2-3,8-11H2,1H3. The largest absolute Gasteiger partial charge is 0.396 e. The zero-order valence-electron chi connectivity index (χ0n) is 10.0. The Balaban J connectivity index is 2.14. The van der Waals surface area contributed by atoms with Gasteiger partial charge < -0.3 is 5.11 Å². The molecule has 1 heterocycles. The Morgan fingerprint density at radius 2 is 1.81 bits per heavy atom. The molecule has 1 fully saturated rings. The van der Waals surface area contributed by atoms with Crippen molar-refractivity contribution in [2.45, 2.75) is 32.2 Å². The number of hydrogen-bond donors (Lipinski definition) is 1. The van der Waals surface area contributed by atoms with Crippen molar-refractivity contribution in [1.29, 1.82) is 0 Å². The second kappa shape index (κ2) is 5.46. The maximum atomic E-state index is 9.19. The summed E-state index contributed by atoms with van der Waals surface area (Å²) in [7, 11) is 0. The number of benzene rings is 1. The molecule has 1 aliphatic heterocycles. The fraction of sp³-hybridized carbons (Fsp3) is 0.571. The van der Waals surface area contributed by atoms with Gasteiger partial charge in [0.25, 0.3) is 0 Å². The molecule has 1 N–H and O–H groups in total. The molecule has 1 unspecified atom stereocenters. The summed E-state index contributed by atoms with van der Waals surface area (Å²) < 4.78 is 0. The SMILES string of the molecule is Cc1ccc(C(CCO)N2CCCC2)cc1. The first kappa shape index (κ1) is 11.6. The monoisotopic (exact) mass is 219 g/mol. The van der Waals surface area contributed by atoms with Crippen LogP contribution in [0.2, 0.25) is 0 Å². The van der Waals surface area contributed by atoms with Crippen LogP contribution in [0.25, 0.3) is 0 Å². The average Bonchev–Trinajstić information content (AvgIpc) is 2.81. The number of aryl methyl sites for hydroxylation is 1. The van der Waals surface area contributed by atoms with Crippen LogP contribution in [0.4, 0.5) is 0 Å². The van der Waals surface area contributed by atoms with Gasteiger partial charge in [-0.05, 0) is 44.8 Å². The highest BCUT2D eigenvalue weighted by Crippen LogP contribution is 2.27. The van der Waals surface area contributed by atoms with Crippen molar-refractivity contribution in [3.8, 4) is 0 Å². The first-order valence-electron chi connectivity index (χ1n) is 6.23. The molecule has 1 saturated heterocycles. The van der Waals surface area contributed by atoms with E-state index in [2.05, 4.69) is 36.1 Å². The number of aliphatic hydroxyl groups is 1. The Hall–Kier alpha value is -0.860. The molecule has 1 aliphatic rings. The number of hydrogen-bond acceptors (Lipinski definition) is 2. The fourth-order valence-electron chi connectivity index (χ4n) is 2.52. The van der Waals surface area contributed by atoms with Crippen LogP contribution in [0.15, 0.2) is 24.3 Å². The molecule has 0 bridgehead atoms. The average molecular weight is 219 g/mol. The minimum Gasteiger partial charge on any atom is -0.396 e. The van der Waals surface area contributed by atoms with Gasteiger partial charge in [0.05, 0.1) is 0 Å². The van der Waals surface area contributed by atoms with Crippen LogP contribution in [0.1, 0.15) is 36.4 Å². The van der Waals surface area contributed by atoms with Crippen molar-refractivity contribution in [3.63, 3.8) is 0 Å². The minimum absolute atomic E-state index is 0.273.